The number of benzene rings is 2. The van der Waals surface area contributed by atoms with Crippen LogP contribution in [0.1, 0.15) is 25.8 Å². The minimum Gasteiger partial charge on any atom is -0.324 e. The average molecular weight is 460 g/mol. The number of anilines is 1. The monoisotopic (exact) mass is 459 g/mol. The average Bonchev–Trinajstić information content (AvgIpc) is 3.12. The summed E-state index contributed by atoms with van der Waals surface area (Å²) in [5.41, 5.74) is 2.14. The zero-order valence-electron chi connectivity index (χ0n) is 17.3. The molecule has 162 valence electrons. The van der Waals surface area contributed by atoms with Crippen molar-refractivity contribution in [2.75, 3.05) is 5.32 Å². The van der Waals surface area contributed by atoms with Crippen molar-refractivity contribution in [1.29, 1.82) is 0 Å². The van der Waals surface area contributed by atoms with Crippen LogP contribution in [0.5, 0.6) is 0 Å². The Morgan fingerprint density at radius 2 is 2.06 bits per heavy atom. The van der Waals surface area contributed by atoms with Crippen molar-refractivity contribution in [2.24, 2.45) is 0 Å². The van der Waals surface area contributed by atoms with Crippen molar-refractivity contribution >= 4 is 40.6 Å². The van der Waals surface area contributed by atoms with Gasteiger partial charge in [-0.15, -0.1) is 10.2 Å². The molecule has 1 N–H and O–H groups in total. The zero-order valence-corrected chi connectivity index (χ0v) is 18.9. The number of nitro groups is 1. The highest BCUT2D eigenvalue weighted by Gasteiger charge is 2.22. The van der Waals surface area contributed by atoms with Crippen molar-refractivity contribution < 1.29 is 9.72 Å². The van der Waals surface area contributed by atoms with Gasteiger partial charge >= 0.3 is 0 Å². The Morgan fingerprint density at radius 1 is 1.29 bits per heavy atom. The van der Waals surface area contributed by atoms with Gasteiger partial charge in [0.25, 0.3) is 5.69 Å². The van der Waals surface area contributed by atoms with Crippen LogP contribution in [0.2, 0.25) is 5.02 Å². The predicted molar refractivity (Wildman–Crippen MR) is 123 cm³/mol. The number of rotatable bonds is 8. The standard InChI is InChI=1S/C21H22ClN5O3S/c1-4-10-26-19(15-7-5-6-13(2)11-15)24-25-21(26)31-14(3)20(28)23-18-12-16(27(29)30)8-9-17(18)22/h5-9,11-12,14H,4,10H2,1-3H3,(H,23,28). The molecule has 1 aromatic heterocycles. The minimum absolute atomic E-state index is 0.148. The van der Waals surface area contributed by atoms with Gasteiger partial charge in [-0.25, -0.2) is 0 Å². The van der Waals surface area contributed by atoms with Crippen molar-refractivity contribution in [1.82, 2.24) is 14.8 Å². The molecule has 31 heavy (non-hydrogen) atoms. The summed E-state index contributed by atoms with van der Waals surface area (Å²) >= 11 is 7.36. The number of carbonyl (C=O) groups is 1. The first-order chi connectivity index (χ1) is 14.8. The first-order valence-corrected chi connectivity index (χ1v) is 11.0. The van der Waals surface area contributed by atoms with Crippen molar-refractivity contribution in [2.45, 2.75) is 44.1 Å². The molecule has 0 aliphatic carbocycles. The first-order valence-electron chi connectivity index (χ1n) is 9.71. The van der Waals surface area contributed by atoms with Gasteiger partial charge in [-0.3, -0.25) is 14.9 Å². The maximum Gasteiger partial charge on any atom is 0.271 e. The molecule has 0 saturated carbocycles. The molecule has 1 heterocycles. The fourth-order valence-electron chi connectivity index (χ4n) is 2.97. The second kappa shape index (κ2) is 9.93. The van der Waals surface area contributed by atoms with Crippen molar-refractivity contribution in [3.63, 3.8) is 0 Å². The number of aryl methyl sites for hydroxylation is 1. The molecule has 3 rings (SSSR count). The highest BCUT2D eigenvalue weighted by atomic mass is 35.5. The molecule has 8 nitrogen and oxygen atoms in total. The van der Waals surface area contributed by atoms with Crippen LogP contribution in [0.4, 0.5) is 11.4 Å². The summed E-state index contributed by atoms with van der Waals surface area (Å²) in [6.45, 7) is 6.53. The third-order valence-electron chi connectivity index (χ3n) is 4.51. The lowest BCUT2D eigenvalue weighted by molar-refractivity contribution is -0.384. The van der Waals surface area contributed by atoms with E-state index < -0.39 is 10.2 Å². The first kappa shape index (κ1) is 22.8. The van der Waals surface area contributed by atoms with E-state index in [1.165, 1.54) is 30.0 Å². The lowest BCUT2D eigenvalue weighted by Gasteiger charge is -2.14. The molecule has 0 saturated heterocycles. The van der Waals surface area contributed by atoms with Gasteiger partial charge in [0.15, 0.2) is 11.0 Å². The fourth-order valence-corrected chi connectivity index (χ4v) is 4.01. The summed E-state index contributed by atoms with van der Waals surface area (Å²) in [5.74, 6) is 0.415. The van der Waals surface area contributed by atoms with Crippen molar-refractivity contribution in [3.05, 3.63) is 63.2 Å². The Kier molecular flexibility index (Phi) is 7.29. The number of amides is 1. The van der Waals surface area contributed by atoms with Crippen LogP contribution in [0.25, 0.3) is 11.4 Å². The molecule has 1 amide bonds. The molecule has 10 heteroatoms. The number of aromatic nitrogens is 3. The SMILES string of the molecule is CCCn1c(SC(C)C(=O)Nc2cc([N+](=O)[O-])ccc2Cl)nnc1-c1cccc(C)c1. The zero-order chi connectivity index (χ0) is 22.5. The van der Waals surface area contributed by atoms with E-state index in [4.69, 9.17) is 11.6 Å². The number of hydrogen-bond acceptors (Lipinski definition) is 6. The molecule has 0 spiro atoms. The van der Waals surface area contributed by atoms with Crippen LogP contribution >= 0.6 is 23.4 Å². The van der Waals surface area contributed by atoms with Crippen LogP contribution < -0.4 is 5.32 Å². The van der Waals surface area contributed by atoms with E-state index in [0.717, 1.165) is 23.4 Å². The van der Waals surface area contributed by atoms with Gasteiger partial charge in [0, 0.05) is 24.2 Å². The van der Waals surface area contributed by atoms with E-state index in [9.17, 15) is 14.9 Å². The quantitative estimate of drug-likeness (QED) is 0.277. The van der Waals surface area contributed by atoms with Crippen LogP contribution in [0.3, 0.4) is 0 Å². The Hall–Kier alpha value is -2.91. The van der Waals surface area contributed by atoms with Gasteiger partial charge in [0.2, 0.25) is 5.91 Å². The summed E-state index contributed by atoms with van der Waals surface area (Å²) in [6.07, 6.45) is 0.883. The minimum atomic E-state index is -0.537. The Balaban J connectivity index is 1.80. The Bertz CT molecular complexity index is 1120. The third-order valence-corrected chi connectivity index (χ3v) is 5.92. The molecule has 0 radical (unpaired) electrons. The summed E-state index contributed by atoms with van der Waals surface area (Å²) < 4.78 is 2.00. The number of non-ortho nitro benzene ring substituents is 1. The van der Waals surface area contributed by atoms with Gasteiger partial charge in [-0.2, -0.15) is 0 Å². The van der Waals surface area contributed by atoms with Crippen LogP contribution in [-0.4, -0.2) is 30.8 Å². The number of nitro benzene ring substituents is 1. The Labute approximate surface area is 189 Å². The molecule has 0 aliphatic rings. The molecule has 1 unspecified atom stereocenters. The molecule has 3 aromatic rings. The predicted octanol–water partition coefficient (Wildman–Crippen LogP) is 5.34. The Morgan fingerprint density at radius 3 is 2.74 bits per heavy atom. The van der Waals surface area contributed by atoms with E-state index in [-0.39, 0.29) is 22.3 Å². The molecule has 1 atom stereocenters. The smallest absolute Gasteiger partial charge is 0.271 e. The van der Waals surface area contributed by atoms with Crippen LogP contribution in [0.15, 0.2) is 47.6 Å². The van der Waals surface area contributed by atoms with Gasteiger partial charge in [-0.05, 0) is 32.4 Å². The van der Waals surface area contributed by atoms with Gasteiger partial charge in [-0.1, -0.05) is 54.0 Å². The van der Waals surface area contributed by atoms with Crippen LogP contribution in [0, 0.1) is 17.0 Å². The maximum absolute atomic E-state index is 12.7. The van der Waals surface area contributed by atoms with Crippen molar-refractivity contribution in [3.8, 4) is 11.4 Å². The third kappa shape index (κ3) is 5.42. The lowest BCUT2D eigenvalue weighted by Crippen LogP contribution is -2.23. The molecular weight excluding hydrogens is 438 g/mol. The number of halogens is 1. The molecule has 0 bridgehead atoms. The van der Waals surface area contributed by atoms with E-state index in [0.29, 0.717) is 11.7 Å². The number of hydrogen-bond donors (Lipinski definition) is 1. The van der Waals surface area contributed by atoms with E-state index >= 15 is 0 Å². The lowest BCUT2D eigenvalue weighted by atomic mass is 10.1. The highest BCUT2D eigenvalue weighted by Crippen LogP contribution is 2.30. The largest absolute Gasteiger partial charge is 0.324 e. The van der Waals surface area contributed by atoms with Gasteiger partial charge in [0.05, 0.1) is 20.9 Å². The van der Waals surface area contributed by atoms with Gasteiger partial charge < -0.3 is 9.88 Å². The van der Waals surface area contributed by atoms with E-state index in [1.807, 2.05) is 35.8 Å². The summed E-state index contributed by atoms with van der Waals surface area (Å²) in [7, 11) is 0. The second-order valence-corrected chi connectivity index (χ2v) is 8.71. The number of nitrogens with zero attached hydrogens (tertiary/aromatic N) is 4. The number of carbonyl (C=O) groups excluding carboxylic acids is 1. The van der Waals surface area contributed by atoms with Crippen LogP contribution in [-0.2, 0) is 11.3 Å². The summed E-state index contributed by atoms with van der Waals surface area (Å²) in [6, 6.07) is 11.9. The highest BCUT2D eigenvalue weighted by molar-refractivity contribution is 8.00. The normalized spacial score (nSPS) is 11.9. The maximum atomic E-state index is 12.7. The molecular formula is C21H22ClN5O3S. The molecule has 0 aliphatic heterocycles. The summed E-state index contributed by atoms with van der Waals surface area (Å²) in [4.78, 5) is 23.2. The molecule has 0 fully saturated rings. The summed E-state index contributed by atoms with van der Waals surface area (Å²) in [5, 5.41) is 22.7. The number of nitrogens with one attached hydrogen (secondary N) is 1. The fraction of sp³-hybridized carbons (Fsp3) is 0.286. The van der Waals surface area contributed by atoms with E-state index in [2.05, 4.69) is 22.4 Å². The van der Waals surface area contributed by atoms with E-state index in [1.54, 1.807) is 6.92 Å². The number of thioether (sulfide) groups is 1. The molecule has 2 aromatic carbocycles. The second-order valence-electron chi connectivity index (χ2n) is 7.00. The topological polar surface area (TPSA) is 103 Å². The van der Waals surface area contributed by atoms with Gasteiger partial charge in [0.1, 0.15) is 0 Å².